The molecule has 2 fully saturated rings. The lowest BCUT2D eigenvalue weighted by molar-refractivity contribution is -0.138. The first kappa shape index (κ1) is 19.5. The van der Waals surface area contributed by atoms with Gasteiger partial charge in [0.25, 0.3) is 5.91 Å². The molecule has 0 atom stereocenters. The summed E-state index contributed by atoms with van der Waals surface area (Å²) >= 11 is 0. The van der Waals surface area contributed by atoms with Gasteiger partial charge in [0.05, 0.1) is 0 Å². The van der Waals surface area contributed by atoms with Crippen LogP contribution in [0.1, 0.15) is 43.0 Å². The van der Waals surface area contributed by atoms with Gasteiger partial charge in [-0.3, -0.25) is 9.59 Å². The first-order valence-electron chi connectivity index (χ1n) is 10.3. The van der Waals surface area contributed by atoms with Gasteiger partial charge in [0.15, 0.2) is 0 Å². The highest BCUT2D eigenvalue weighted by Crippen LogP contribution is 2.25. The number of carbonyl (C=O) groups is 2. The Morgan fingerprint density at radius 3 is 2.34 bits per heavy atom. The van der Waals surface area contributed by atoms with Crippen LogP contribution in [0.2, 0.25) is 0 Å². The van der Waals surface area contributed by atoms with Crippen LogP contribution in [-0.4, -0.2) is 62.6 Å². The standard InChI is InChI=1S/C21H26FN5O2/c1-15-4-8-25(9-5-15)20(28)16-6-10-26(11-7-16)21(29)17-2-3-19(18(22)12-17)27-14-23-13-24-27/h2-3,12-16H,4-11H2,1H3. The van der Waals surface area contributed by atoms with E-state index in [1.807, 2.05) is 4.90 Å². The van der Waals surface area contributed by atoms with E-state index in [0.717, 1.165) is 25.9 Å². The Labute approximate surface area is 169 Å². The van der Waals surface area contributed by atoms with Gasteiger partial charge in [-0.2, -0.15) is 5.10 Å². The van der Waals surface area contributed by atoms with Gasteiger partial charge in [0.1, 0.15) is 24.2 Å². The molecule has 1 aromatic carbocycles. The summed E-state index contributed by atoms with van der Waals surface area (Å²) in [6, 6.07) is 4.38. The number of piperidine rings is 2. The van der Waals surface area contributed by atoms with Gasteiger partial charge < -0.3 is 9.80 Å². The Morgan fingerprint density at radius 2 is 1.72 bits per heavy atom. The van der Waals surface area contributed by atoms with Crippen molar-refractivity contribution in [2.24, 2.45) is 11.8 Å². The molecule has 7 nitrogen and oxygen atoms in total. The summed E-state index contributed by atoms with van der Waals surface area (Å²) in [5, 5.41) is 3.91. The lowest BCUT2D eigenvalue weighted by atomic mass is 9.92. The topological polar surface area (TPSA) is 71.3 Å². The Kier molecular flexibility index (Phi) is 5.60. The van der Waals surface area contributed by atoms with Crippen molar-refractivity contribution in [3.63, 3.8) is 0 Å². The number of hydrogen-bond donors (Lipinski definition) is 0. The van der Waals surface area contributed by atoms with Crippen molar-refractivity contribution in [1.29, 1.82) is 0 Å². The van der Waals surface area contributed by atoms with Gasteiger partial charge in [-0.1, -0.05) is 6.92 Å². The second-order valence-corrected chi connectivity index (χ2v) is 8.08. The Bertz CT molecular complexity index is 869. The fraction of sp³-hybridized carbons (Fsp3) is 0.524. The molecule has 4 rings (SSSR count). The number of aromatic nitrogens is 3. The van der Waals surface area contributed by atoms with Crippen LogP contribution < -0.4 is 0 Å². The van der Waals surface area contributed by atoms with Crippen LogP contribution in [-0.2, 0) is 4.79 Å². The van der Waals surface area contributed by atoms with Crippen molar-refractivity contribution in [2.75, 3.05) is 26.2 Å². The highest BCUT2D eigenvalue weighted by atomic mass is 19.1. The van der Waals surface area contributed by atoms with E-state index >= 15 is 0 Å². The van der Waals surface area contributed by atoms with Crippen molar-refractivity contribution in [2.45, 2.75) is 32.6 Å². The number of halogens is 1. The van der Waals surface area contributed by atoms with Gasteiger partial charge in [-0.25, -0.2) is 14.1 Å². The van der Waals surface area contributed by atoms with Crippen LogP contribution in [0.4, 0.5) is 4.39 Å². The number of benzene rings is 1. The van der Waals surface area contributed by atoms with E-state index in [4.69, 9.17) is 0 Å². The molecular formula is C21H26FN5O2. The van der Waals surface area contributed by atoms with Crippen LogP contribution in [0.15, 0.2) is 30.9 Å². The molecule has 2 aliphatic heterocycles. The summed E-state index contributed by atoms with van der Waals surface area (Å²) in [7, 11) is 0. The molecule has 154 valence electrons. The lowest BCUT2D eigenvalue weighted by Crippen LogP contribution is -2.46. The summed E-state index contributed by atoms with van der Waals surface area (Å²) < 4.78 is 15.8. The molecule has 8 heteroatoms. The Hall–Kier alpha value is -2.77. The van der Waals surface area contributed by atoms with E-state index in [-0.39, 0.29) is 23.4 Å². The lowest BCUT2D eigenvalue weighted by Gasteiger charge is -2.36. The molecule has 2 aromatic rings. The van der Waals surface area contributed by atoms with Gasteiger partial charge >= 0.3 is 0 Å². The van der Waals surface area contributed by atoms with Crippen LogP contribution in [0, 0.1) is 17.7 Å². The zero-order valence-electron chi connectivity index (χ0n) is 16.6. The predicted octanol–water partition coefficient (Wildman–Crippen LogP) is 2.52. The molecule has 0 radical (unpaired) electrons. The molecular weight excluding hydrogens is 373 g/mol. The SMILES string of the molecule is CC1CCN(C(=O)C2CCN(C(=O)c3ccc(-n4cncn4)c(F)c3)CC2)CC1. The van der Waals surface area contributed by atoms with Crippen LogP contribution >= 0.6 is 0 Å². The number of carbonyl (C=O) groups excluding carboxylic acids is 2. The molecule has 2 amide bonds. The molecule has 0 N–H and O–H groups in total. The van der Waals surface area contributed by atoms with Crippen LogP contribution in [0.3, 0.4) is 0 Å². The summed E-state index contributed by atoms with van der Waals surface area (Å²) in [4.78, 5) is 33.1. The van der Waals surface area contributed by atoms with Crippen molar-refractivity contribution in [3.8, 4) is 5.69 Å². The molecule has 2 saturated heterocycles. The molecule has 29 heavy (non-hydrogen) atoms. The van der Waals surface area contributed by atoms with Crippen LogP contribution in [0.25, 0.3) is 5.69 Å². The molecule has 0 saturated carbocycles. The average molecular weight is 399 g/mol. The zero-order chi connectivity index (χ0) is 20.4. The van der Waals surface area contributed by atoms with E-state index in [0.29, 0.717) is 37.4 Å². The van der Waals surface area contributed by atoms with Gasteiger partial charge in [-0.15, -0.1) is 0 Å². The molecule has 0 unspecified atom stereocenters. The number of hydrogen-bond acceptors (Lipinski definition) is 4. The quantitative estimate of drug-likeness (QED) is 0.795. The molecule has 0 spiro atoms. The van der Waals surface area contributed by atoms with Crippen molar-refractivity contribution in [3.05, 3.63) is 42.2 Å². The zero-order valence-corrected chi connectivity index (χ0v) is 16.6. The molecule has 0 aliphatic carbocycles. The average Bonchev–Trinajstić information content (AvgIpc) is 3.28. The molecule has 0 bridgehead atoms. The Morgan fingerprint density at radius 1 is 1.03 bits per heavy atom. The third-order valence-corrected chi connectivity index (χ3v) is 6.09. The molecule has 3 heterocycles. The second kappa shape index (κ2) is 8.31. The first-order valence-corrected chi connectivity index (χ1v) is 10.3. The summed E-state index contributed by atoms with van der Waals surface area (Å²) in [6.07, 6.45) is 6.20. The van der Waals surface area contributed by atoms with Crippen LogP contribution in [0.5, 0.6) is 0 Å². The Balaban J connectivity index is 1.35. The predicted molar refractivity (Wildman–Crippen MR) is 105 cm³/mol. The van der Waals surface area contributed by atoms with Crippen molar-refractivity contribution in [1.82, 2.24) is 24.6 Å². The normalized spacial score (nSPS) is 18.8. The largest absolute Gasteiger partial charge is 0.342 e. The van der Waals surface area contributed by atoms with Gasteiger partial charge in [0.2, 0.25) is 5.91 Å². The fourth-order valence-electron chi connectivity index (χ4n) is 4.16. The maximum Gasteiger partial charge on any atom is 0.253 e. The first-order chi connectivity index (χ1) is 14.0. The van der Waals surface area contributed by atoms with E-state index in [1.165, 1.54) is 29.5 Å². The molecule has 2 aliphatic rings. The monoisotopic (exact) mass is 399 g/mol. The number of rotatable bonds is 3. The maximum atomic E-state index is 14.4. The van der Waals surface area contributed by atoms with E-state index in [9.17, 15) is 14.0 Å². The highest BCUT2D eigenvalue weighted by Gasteiger charge is 2.32. The van der Waals surface area contributed by atoms with Gasteiger partial charge in [0, 0.05) is 37.7 Å². The maximum absolute atomic E-state index is 14.4. The summed E-state index contributed by atoms with van der Waals surface area (Å²) in [5.41, 5.74) is 0.556. The van der Waals surface area contributed by atoms with E-state index in [2.05, 4.69) is 17.0 Å². The number of amides is 2. The summed E-state index contributed by atoms with van der Waals surface area (Å²) in [6.45, 7) is 4.96. The minimum atomic E-state index is -0.522. The van der Waals surface area contributed by atoms with Crippen molar-refractivity contribution < 1.29 is 14.0 Å². The number of likely N-dealkylation sites (tertiary alicyclic amines) is 2. The fourth-order valence-corrected chi connectivity index (χ4v) is 4.16. The minimum Gasteiger partial charge on any atom is -0.342 e. The summed E-state index contributed by atoms with van der Waals surface area (Å²) in [5.74, 6) is 0.179. The highest BCUT2D eigenvalue weighted by molar-refractivity contribution is 5.94. The van der Waals surface area contributed by atoms with Crippen molar-refractivity contribution >= 4 is 11.8 Å². The third kappa shape index (κ3) is 4.16. The molecule has 1 aromatic heterocycles. The third-order valence-electron chi connectivity index (χ3n) is 6.09. The van der Waals surface area contributed by atoms with Gasteiger partial charge in [-0.05, 0) is 49.8 Å². The van der Waals surface area contributed by atoms with E-state index in [1.54, 1.807) is 11.0 Å². The second-order valence-electron chi connectivity index (χ2n) is 8.08. The van der Waals surface area contributed by atoms with E-state index < -0.39 is 5.82 Å². The number of nitrogens with zero attached hydrogens (tertiary/aromatic N) is 5. The minimum absolute atomic E-state index is 0.0149. The smallest absolute Gasteiger partial charge is 0.253 e.